The lowest BCUT2D eigenvalue weighted by atomic mass is 10.0. The van der Waals surface area contributed by atoms with Gasteiger partial charge in [0.25, 0.3) is 0 Å². The fraction of sp³-hybridized carbons (Fsp3) is 0.429. The van der Waals surface area contributed by atoms with Gasteiger partial charge in [0.2, 0.25) is 0 Å². The molecule has 1 N–H and O–H groups in total. The second-order valence-corrected chi connectivity index (χ2v) is 4.21. The van der Waals surface area contributed by atoms with E-state index in [4.69, 9.17) is 9.22 Å². The number of nitrogens with zero attached hydrogens (tertiary/aromatic N) is 2. The van der Waals surface area contributed by atoms with Gasteiger partial charge in [-0.25, -0.2) is 9.97 Å². The van der Waals surface area contributed by atoms with E-state index < -0.39 is 0 Å². The Morgan fingerprint density at radius 3 is 2.72 bits per heavy atom. The van der Waals surface area contributed by atoms with Crippen LogP contribution in [0.15, 0.2) is 12.1 Å². The number of nitrogens with one attached hydrogen (secondary N) is 1. The number of rotatable bonds is 4. The van der Waals surface area contributed by atoms with Crippen molar-refractivity contribution in [2.75, 3.05) is 11.8 Å². The number of benzene rings is 1. The summed E-state index contributed by atoms with van der Waals surface area (Å²) in [6.07, 6.45) is 2.03. The molecule has 0 bridgehead atoms. The highest BCUT2D eigenvalue weighted by Crippen LogP contribution is 2.24. The van der Waals surface area contributed by atoms with Crippen molar-refractivity contribution < 1.29 is 1.37 Å². The summed E-state index contributed by atoms with van der Waals surface area (Å²) in [5, 5.41) is 4.08. The van der Waals surface area contributed by atoms with Gasteiger partial charge in [0.15, 0.2) is 0 Å². The summed E-state index contributed by atoms with van der Waals surface area (Å²) >= 11 is 0. The Bertz CT molecular complexity index is 586. The molecular weight excluding hydrogens is 221 g/mol. The number of fused-ring (bicyclic) bond motifs is 1. The maximum absolute atomic E-state index is 7.62. The molecule has 2 aromatic rings. The first-order valence-electron chi connectivity index (χ1n) is 6.99. The van der Waals surface area contributed by atoms with Crippen LogP contribution in [0.4, 0.5) is 5.82 Å². The largest absolute Gasteiger partial charge is 0.378 e. The van der Waals surface area contributed by atoms with Gasteiger partial charge in [0.05, 0.1) is 13.4 Å². The summed E-state index contributed by atoms with van der Waals surface area (Å²) in [6.45, 7) is 4.40. The Labute approximate surface area is 111 Å². The SMILES string of the molecule is [2H]Cc1cc2nc(CC)nc(NC[B])c2cc1CC. The van der Waals surface area contributed by atoms with Crippen molar-refractivity contribution >= 4 is 24.6 Å². The molecule has 0 saturated carbocycles. The topological polar surface area (TPSA) is 37.8 Å². The Kier molecular flexibility index (Phi) is 3.44. The normalized spacial score (nSPS) is 11.6. The van der Waals surface area contributed by atoms with Gasteiger partial charge in [-0.3, -0.25) is 0 Å². The highest BCUT2D eigenvalue weighted by molar-refractivity contribution is 6.10. The molecular formula is C14H18BN3. The summed E-state index contributed by atoms with van der Waals surface area (Å²) in [7, 11) is 5.57. The molecule has 0 aliphatic heterocycles. The standard InChI is InChI=1S/C14H18BN3/c1-4-10-7-11-12(6-9(10)3)17-13(5-2)18-14(11)16-8-15/h6-7H,4-5,8H2,1-3H3,(H,16,17,18)/i3D. The highest BCUT2D eigenvalue weighted by Gasteiger charge is 2.08. The van der Waals surface area contributed by atoms with Gasteiger partial charge >= 0.3 is 0 Å². The minimum Gasteiger partial charge on any atom is -0.378 e. The number of hydrogen-bond donors (Lipinski definition) is 1. The predicted molar refractivity (Wildman–Crippen MR) is 77.3 cm³/mol. The van der Waals surface area contributed by atoms with Gasteiger partial charge in [-0.1, -0.05) is 13.8 Å². The first kappa shape index (κ1) is 11.5. The molecule has 92 valence electrons. The van der Waals surface area contributed by atoms with Crippen LogP contribution in [0.25, 0.3) is 10.9 Å². The maximum Gasteiger partial charge on any atom is 0.136 e. The van der Waals surface area contributed by atoms with Crippen molar-refractivity contribution in [1.82, 2.24) is 9.97 Å². The third kappa shape index (κ3) is 2.33. The number of anilines is 1. The van der Waals surface area contributed by atoms with E-state index in [0.29, 0.717) is 6.44 Å². The lowest BCUT2D eigenvalue weighted by Crippen LogP contribution is -2.07. The summed E-state index contributed by atoms with van der Waals surface area (Å²) in [5.41, 5.74) is 3.10. The van der Waals surface area contributed by atoms with Crippen molar-refractivity contribution in [1.29, 1.82) is 0 Å². The van der Waals surface area contributed by atoms with Crippen molar-refractivity contribution in [3.8, 4) is 0 Å². The van der Waals surface area contributed by atoms with Gasteiger partial charge in [0, 0.05) is 13.2 Å². The molecule has 1 aromatic heterocycles. The molecule has 0 spiro atoms. The van der Waals surface area contributed by atoms with Gasteiger partial charge in [-0.2, -0.15) is 0 Å². The Hall–Kier alpha value is -1.58. The van der Waals surface area contributed by atoms with Crippen LogP contribution in [0.1, 0.15) is 32.2 Å². The molecule has 0 saturated heterocycles. The molecule has 0 amide bonds. The van der Waals surface area contributed by atoms with Crippen molar-refractivity contribution in [3.63, 3.8) is 0 Å². The van der Waals surface area contributed by atoms with E-state index in [9.17, 15) is 0 Å². The second-order valence-electron chi connectivity index (χ2n) is 4.21. The van der Waals surface area contributed by atoms with Crippen LogP contribution in [0.3, 0.4) is 0 Å². The van der Waals surface area contributed by atoms with Crippen LogP contribution in [0.2, 0.25) is 0 Å². The molecule has 0 aliphatic rings. The van der Waals surface area contributed by atoms with E-state index >= 15 is 0 Å². The number of aryl methyl sites for hydroxylation is 3. The average molecular weight is 240 g/mol. The van der Waals surface area contributed by atoms with E-state index in [1.165, 1.54) is 5.56 Å². The highest BCUT2D eigenvalue weighted by atomic mass is 15.0. The van der Waals surface area contributed by atoms with Crippen LogP contribution >= 0.6 is 0 Å². The lowest BCUT2D eigenvalue weighted by molar-refractivity contribution is 0.959. The molecule has 0 fully saturated rings. The molecule has 18 heavy (non-hydrogen) atoms. The second kappa shape index (κ2) is 5.38. The third-order valence-corrected chi connectivity index (χ3v) is 3.03. The summed E-state index contributed by atoms with van der Waals surface area (Å²) in [6, 6.07) is 4.08. The quantitative estimate of drug-likeness (QED) is 0.834. The van der Waals surface area contributed by atoms with Gasteiger partial charge < -0.3 is 5.32 Å². The molecule has 1 heterocycles. The average Bonchev–Trinajstić information content (AvgIpc) is 2.45. The van der Waals surface area contributed by atoms with Crippen molar-refractivity contribution in [3.05, 3.63) is 29.1 Å². The third-order valence-electron chi connectivity index (χ3n) is 3.03. The number of aromatic nitrogens is 2. The van der Waals surface area contributed by atoms with Gasteiger partial charge in [-0.05, 0) is 43.0 Å². The van der Waals surface area contributed by atoms with Crippen LogP contribution in [-0.2, 0) is 12.8 Å². The molecule has 2 radical (unpaired) electrons. The van der Waals surface area contributed by atoms with Crippen LogP contribution in [0.5, 0.6) is 0 Å². The molecule has 0 atom stereocenters. The predicted octanol–water partition coefficient (Wildman–Crippen LogP) is 2.60. The smallest absolute Gasteiger partial charge is 0.136 e. The first-order chi connectivity index (χ1) is 9.23. The van der Waals surface area contributed by atoms with E-state index in [1.54, 1.807) is 0 Å². The summed E-state index contributed by atoms with van der Waals surface area (Å²) < 4.78 is 7.62. The number of hydrogen-bond acceptors (Lipinski definition) is 3. The Morgan fingerprint density at radius 2 is 2.11 bits per heavy atom. The van der Waals surface area contributed by atoms with Crippen LogP contribution in [0, 0.1) is 6.90 Å². The van der Waals surface area contributed by atoms with Gasteiger partial charge in [-0.15, -0.1) is 0 Å². The summed E-state index contributed by atoms with van der Waals surface area (Å²) in [5.74, 6) is 1.58. The monoisotopic (exact) mass is 240 g/mol. The molecule has 4 heteroatoms. The zero-order valence-electron chi connectivity index (χ0n) is 12.0. The Morgan fingerprint density at radius 1 is 1.28 bits per heavy atom. The van der Waals surface area contributed by atoms with Crippen LogP contribution < -0.4 is 5.32 Å². The fourth-order valence-electron chi connectivity index (χ4n) is 2.03. The minimum absolute atomic E-state index is 0.282. The van der Waals surface area contributed by atoms with Crippen molar-refractivity contribution in [2.24, 2.45) is 0 Å². The van der Waals surface area contributed by atoms with E-state index in [0.717, 1.165) is 41.0 Å². The maximum atomic E-state index is 7.62. The molecule has 1 aromatic carbocycles. The van der Waals surface area contributed by atoms with E-state index in [-0.39, 0.29) is 6.90 Å². The van der Waals surface area contributed by atoms with Gasteiger partial charge in [0.1, 0.15) is 11.6 Å². The zero-order chi connectivity index (χ0) is 13.8. The molecule has 0 unspecified atom stereocenters. The lowest BCUT2D eigenvalue weighted by Gasteiger charge is -2.11. The summed E-state index contributed by atoms with van der Waals surface area (Å²) in [4.78, 5) is 9.04. The fourth-order valence-corrected chi connectivity index (χ4v) is 2.03. The van der Waals surface area contributed by atoms with E-state index in [2.05, 4.69) is 28.3 Å². The van der Waals surface area contributed by atoms with Crippen LogP contribution in [-0.4, -0.2) is 24.3 Å². The zero-order valence-corrected chi connectivity index (χ0v) is 11.0. The van der Waals surface area contributed by atoms with E-state index in [1.807, 2.05) is 13.0 Å². The minimum atomic E-state index is 0.282. The molecule has 3 nitrogen and oxygen atoms in total. The Balaban J connectivity index is 2.70. The first-order valence-corrected chi connectivity index (χ1v) is 6.29. The van der Waals surface area contributed by atoms with Crippen molar-refractivity contribution in [2.45, 2.75) is 33.6 Å². The molecule has 2 rings (SSSR count). The molecule has 0 aliphatic carbocycles.